The third kappa shape index (κ3) is 5.24. The molecule has 3 aromatic rings. The average molecular weight is 431 g/mol. The van der Waals surface area contributed by atoms with Crippen LogP contribution in [0.5, 0.6) is 0 Å². The summed E-state index contributed by atoms with van der Waals surface area (Å²) < 4.78 is 5.13. The van der Waals surface area contributed by atoms with E-state index in [9.17, 15) is 14.4 Å². The van der Waals surface area contributed by atoms with Gasteiger partial charge < -0.3 is 20.3 Å². The van der Waals surface area contributed by atoms with E-state index < -0.39 is 12.1 Å². The summed E-state index contributed by atoms with van der Waals surface area (Å²) in [4.78, 5) is 38.9. The molecule has 1 atom stereocenters. The quantitative estimate of drug-likeness (QED) is 0.623. The van der Waals surface area contributed by atoms with Crippen LogP contribution < -0.4 is 10.6 Å². The number of anilines is 1. The SMILES string of the molecule is O=C(NCC(=O)N1CCCC1C(=O)Nc1ccc2ccccc2c1)OCc1ccccc1. The fraction of sp³-hybridized carbons (Fsp3) is 0.240. The van der Waals surface area contributed by atoms with Crippen molar-refractivity contribution in [2.75, 3.05) is 18.4 Å². The first-order chi connectivity index (χ1) is 15.6. The number of hydrogen-bond acceptors (Lipinski definition) is 4. The van der Waals surface area contributed by atoms with E-state index in [1.807, 2.05) is 72.8 Å². The average Bonchev–Trinajstić information content (AvgIpc) is 3.32. The van der Waals surface area contributed by atoms with Crippen molar-refractivity contribution in [3.05, 3.63) is 78.4 Å². The monoisotopic (exact) mass is 431 g/mol. The Kier molecular flexibility index (Phi) is 6.65. The molecule has 0 bridgehead atoms. The van der Waals surface area contributed by atoms with E-state index in [1.165, 1.54) is 4.90 Å². The highest BCUT2D eigenvalue weighted by Crippen LogP contribution is 2.22. The summed E-state index contributed by atoms with van der Waals surface area (Å²) in [6.45, 7) is 0.393. The molecule has 4 rings (SSSR count). The second kappa shape index (κ2) is 9.96. The maximum atomic E-state index is 12.8. The second-order valence-electron chi connectivity index (χ2n) is 7.71. The standard InChI is InChI=1S/C25H25N3O4/c29-23(16-26-25(31)32-17-18-7-2-1-3-8-18)28-14-6-11-22(28)24(30)27-21-13-12-19-9-4-5-10-20(19)15-21/h1-5,7-10,12-13,15,22H,6,11,14,16-17H2,(H,26,31)(H,27,30). The zero-order chi connectivity index (χ0) is 22.3. The first-order valence-corrected chi connectivity index (χ1v) is 10.6. The fourth-order valence-electron chi connectivity index (χ4n) is 3.85. The van der Waals surface area contributed by atoms with Gasteiger partial charge >= 0.3 is 6.09 Å². The predicted octanol–water partition coefficient (Wildman–Crippen LogP) is 3.70. The number of amides is 3. The highest BCUT2D eigenvalue weighted by Gasteiger charge is 2.34. The maximum Gasteiger partial charge on any atom is 0.407 e. The molecule has 7 nitrogen and oxygen atoms in total. The zero-order valence-electron chi connectivity index (χ0n) is 17.6. The lowest BCUT2D eigenvalue weighted by Gasteiger charge is -2.24. The Bertz CT molecular complexity index is 1120. The van der Waals surface area contributed by atoms with E-state index in [2.05, 4.69) is 10.6 Å². The fourth-order valence-corrected chi connectivity index (χ4v) is 3.85. The summed E-state index contributed by atoms with van der Waals surface area (Å²) in [5, 5.41) is 7.52. The molecular weight excluding hydrogens is 406 g/mol. The van der Waals surface area contributed by atoms with Crippen molar-refractivity contribution < 1.29 is 19.1 Å². The van der Waals surface area contributed by atoms with Crippen molar-refractivity contribution in [3.63, 3.8) is 0 Å². The molecule has 164 valence electrons. The number of nitrogens with zero attached hydrogens (tertiary/aromatic N) is 1. The Morgan fingerprint density at radius 3 is 2.50 bits per heavy atom. The number of carbonyl (C=O) groups excluding carboxylic acids is 3. The number of alkyl carbamates (subject to hydrolysis) is 1. The number of ether oxygens (including phenoxy) is 1. The van der Waals surface area contributed by atoms with Gasteiger partial charge in [0.2, 0.25) is 11.8 Å². The molecule has 1 unspecified atom stereocenters. The first-order valence-electron chi connectivity index (χ1n) is 10.6. The van der Waals surface area contributed by atoms with Gasteiger partial charge in [0.05, 0.1) is 0 Å². The van der Waals surface area contributed by atoms with Gasteiger partial charge in [-0.05, 0) is 41.3 Å². The molecule has 2 N–H and O–H groups in total. The van der Waals surface area contributed by atoms with Gasteiger partial charge in [-0.1, -0.05) is 60.7 Å². The molecular formula is C25H25N3O4. The van der Waals surface area contributed by atoms with Gasteiger partial charge in [-0.25, -0.2) is 4.79 Å². The largest absolute Gasteiger partial charge is 0.445 e. The Balaban J connectivity index is 1.29. The third-order valence-corrected chi connectivity index (χ3v) is 5.49. The molecule has 7 heteroatoms. The molecule has 1 aliphatic rings. The maximum absolute atomic E-state index is 12.8. The predicted molar refractivity (Wildman–Crippen MR) is 122 cm³/mol. The van der Waals surface area contributed by atoms with Crippen LogP contribution >= 0.6 is 0 Å². The van der Waals surface area contributed by atoms with E-state index in [1.54, 1.807) is 0 Å². The Morgan fingerprint density at radius 2 is 1.69 bits per heavy atom. The minimum Gasteiger partial charge on any atom is -0.445 e. The number of fused-ring (bicyclic) bond motifs is 1. The van der Waals surface area contributed by atoms with Gasteiger partial charge in [-0.2, -0.15) is 0 Å². The van der Waals surface area contributed by atoms with Gasteiger partial charge in [-0.3, -0.25) is 9.59 Å². The van der Waals surface area contributed by atoms with Crippen LogP contribution in [0.1, 0.15) is 18.4 Å². The molecule has 3 amide bonds. The third-order valence-electron chi connectivity index (χ3n) is 5.49. The summed E-state index contributed by atoms with van der Waals surface area (Å²) in [7, 11) is 0. The minimum absolute atomic E-state index is 0.126. The van der Waals surface area contributed by atoms with Crippen LogP contribution in [-0.2, 0) is 20.9 Å². The number of carbonyl (C=O) groups is 3. The molecule has 1 fully saturated rings. The van der Waals surface area contributed by atoms with Crippen LogP contribution in [0.3, 0.4) is 0 Å². The van der Waals surface area contributed by atoms with E-state index in [4.69, 9.17) is 4.74 Å². The van der Waals surface area contributed by atoms with E-state index in [0.29, 0.717) is 18.7 Å². The molecule has 1 heterocycles. The minimum atomic E-state index is -0.668. The van der Waals surface area contributed by atoms with Crippen molar-refractivity contribution in [1.82, 2.24) is 10.2 Å². The van der Waals surface area contributed by atoms with Gasteiger partial charge in [-0.15, -0.1) is 0 Å². The van der Waals surface area contributed by atoms with Crippen LogP contribution in [-0.4, -0.2) is 41.9 Å². The molecule has 0 aromatic heterocycles. The van der Waals surface area contributed by atoms with Crippen LogP contribution in [0.15, 0.2) is 72.8 Å². The van der Waals surface area contributed by atoms with E-state index in [0.717, 1.165) is 22.8 Å². The van der Waals surface area contributed by atoms with Gasteiger partial charge in [0.25, 0.3) is 0 Å². The van der Waals surface area contributed by atoms with Crippen molar-refractivity contribution >= 4 is 34.4 Å². The Morgan fingerprint density at radius 1 is 0.938 bits per heavy atom. The lowest BCUT2D eigenvalue weighted by molar-refractivity contribution is -0.135. The normalized spacial score (nSPS) is 15.4. The van der Waals surface area contributed by atoms with Crippen LogP contribution in [0.4, 0.5) is 10.5 Å². The van der Waals surface area contributed by atoms with Crippen LogP contribution in [0.2, 0.25) is 0 Å². The molecule has 3 aromatic carbocycles. The molecule has 0 radical (unpaired) electrons. The molecule has 0 saturated carbocycles. The molecule has 1 aliphatic heterocycles. The number of benzene rings is 3. The zero-order valence-corrected chi connectivity index (χ0v) is 17.6. The molecule has 0 aliphatic carbocycles. The topological polar surface area (TPSA) is 87.7 Å². The molecule has 32 heavy (non-hydrogen) atoms. The van der Waals surface area contributed by atoms with Crippen molar-refractivity contribution in [2.24, 2.45) is 0 Å². The summed E-state index contributed by atoms with van der Waals surface area (Å²) in [5.74, 6) is -0.532. The van der Waals surface area contributed by atoms with Crippen molar-refractivity contribution in [2.45, 2.75) is 25.5 Å². The van der Waals surface area contributed by atoms with Crippen LogP contribution in [0.25, 0.3) is 10.8 Å². The highest BCUT2D eigenvalue weighted by molar-refractivity contribution is 5.99. The first kappa shape index (κ1) is 21.4. The van der Waals surface area contributed by atoms with E-state index in [-0.39, 0.29) is 25.0 Å². The Labute approximate surface area is 186 Å². The van der Waals surface area contributed by atoms with E-state index >= 15 is 0 Å². The van der Waals surface area contributed by atoms with Gasteiger partial charge in [0.1, 0.15) is 19.2 Å². The summed E-state index contributed by atoms with van der Waals surface area (Å²) in [5.41, 5.74) is 1.55. The second-order valence-corrected chi connectivity index (χ2v) is 7.71. The number of rotatable bonds is 6. The smallest absolute Gasteiger partial charge is 0.407 e. The lowest BCUT2D eigenvalue weighted by atomic mass is 10.1. The van der Waals surface area contributed by atoms with Gasteiger partial charge in [0, 0.05) is 12.2 Å². The molecule has 0 spiro atoms. The summed E-state index contributed by atoms with van der Waals surface area (Å²) in [6, 6.07) is 22.4. The van der Waals surface area contributed by atoms with Crippen LogP contribution in [0, 0.1) is 0 Å². The number of likely N-dealkylation sites (tertiary alicyclic amines) is 1. The number of nitrogens with one attached hydrogen (secondary N) is 2. The molecule has 1 saturated heterocycles. The Hall–Kier alpha value is -3.87. The van der Waals surface area contributed by atoms with Crippen molar-refractivity contribution in [3.8, 4) is 0 Å². The summed E-state index contributed by atoms with van der Waals surface area (Å²) in [6.07, 6.45) is 0.655. The number of hydrogen-bond donors (Lipinski definition) is 2. The van der Waals surface area contributed by atoms with Crippen molar-refractivity contribution in [1.29, 1.82) is 0 Å². The van der Waals surface area contributed by atoms with Gasteiger partial charge in [0.15, 0.2) is 0 Å². The summed E-state index contributed by atoms with van der Waals surface area (Å²) >= 11 is 0. The lowest BCUT2D eigenvalue weighted by Crippen LogP contribution is -2.47. The highest BCUT2D eigenvalue weighted by atomic mass is 16.5.